The van der Waals surface area contributed by atoms with Crippen LogP contribution in [0.3, 0.4) is 0 Å². The molecule has 0 fully saturated rings. The van der Waals surface area contributed by atoms with Crippen molar-refractivity contribution in [1.82, 2.24) is 4.57 Å². The van der Waals surface area contributed by atoms with Crippen LogP contribution in [0, 0.1) is 0 Å². The highest BCUT2D eigenvalue weighted by atomic mass is 16.5. The first-order chi connectivity index (χ1) is 8.26. The van der Waals surface area contributed by atoms with Crippen molar-refractivity contribution in [1.29, 1.82) is 0 Å². The van der Waals surface area contributed by atoms with Crippen LogP contribution in [0.2, 0.25) is 0 Å². The van der Waals surface area contributed by atoms with Crippen LogP contribution in [0.4, 0.5) is 0 Å². The summed E-state index contributed by atoms with van der Waals surface area (Å²) in [6, 6.07) is 2.36. The second-order valence-corrected chi connectivity index (χ2v) is 4.68. The Morgan fingerprint density at radius 2 is 2.35 bits per heavy atom. The van der Waals surface area contributed by atoms with E-state index in [4.69, 9.17) is 15.2 Å². The first-order valence-electron chi connectivity index (χ1n) is 6.21. The smallest absolute Gasteiger partial charge is 0.0982 e. The van der Waals surface area contributed by atoms with Gasteiger partial charge in [-0.3, -0.25) is 0 Å². The fourth-order valence-corrected chi connectivity index (χ4v) is 2.56. The van der Waals surface area contributed by atoms with E-state index in [1.54, 1.807) is 14.2 Å². The molecule has 17 heavy (non-hydrogen) atoms. The summed E-state index contributed by atoms with van der Waals surface area (Å²) in [6.07, 6.45) is 5.63. The minimum atomic E-state index is 0.106. The third-order valence-electron chi connectivity index (χ3n) is 3.53. The average molecular weight is 238 g/mol. The van der Waals surface area contributed by atoms with Crippen LogP contribution >= 0.6 is 0 Å². The standard InChI is InChI=1S/C13H22N2O2/c1-16-9-10(17-2)8-15-7-6-11-12(14)4-3-5-13(11)15/h6-7,10,12H,3-5,8-9,14H2,1-2H3. The van der Waals surface area contributed by atoms with Crippen LogP contribution in [0.1, 0.15) is 30.1 Å². The van der Waals surface area contributed by atoms with Gasteiger partial charge in [-0.2, -0.15) is 0 Å². The number of hydrogen-bond acceptors (Lipinski definition) is 3. The number of fused-ring (bicyclic) bond motifs is 1. The summed E-state index contributed by atoms with van der Waals surface area (Å²) >= 11 is 0. The third-order valence-corrected chi connectivity index (χ3v) is 3.53. The van der Waals surface area contributed by atoms with E-state index in [-0.39, 0.29) is 12.1 Å². The molecule has 0 spiro atoms. The molecular weight excluding hydrogens is 216 g/mol. The van der Waals surface area contributed by atoms with E-state index in [0.29, 0.717) is 6.61 Å². The summed E-state index contributed by atoms with van der Waals surface area (Å²) in [5, 5.41) is 0. The fraction of sp³-hybridized carbons (Fsp3) is 0.692. The molecule has 0 saturated carbocycles. The lowest BCUT2D eigenvalue weighted by Crippen LogP contribution is -2.26. The van der Waals surface area contributed by atoms with Gasteiger partial charge < -0.3 is 19.8 Å². The van der Waals surface area contributed by atoms with E-state index in [1.807, 2.05) is 0 Å². The Balaban J connectivity index is 2.11. The molecule has 0 saturated heterocycles. The Bertz CT molecular complexity index is 362. The summed E-state index contributed by atoms with van der Waals surface area (Å²) < 4.78 is 12.8. The molecule has 1 aliphatic carbocycles. The lowest BCUT2D eigenvalue weighted by atomic mass is 9.93. The van der Waals surface area contributed by atoms with E-state index < -0.39 is 0 Å². The zero-order chi connectivity index (χ0) is 12.3. The number of nitrogens with two attached hydrogens (primary N) is 1. The number of ether oxygens (including phenoxy) is 2. The molecule has 2 rings (SSSR count). The lowest BCUT2D eigenvalue weighted by molar-refractivity contribution is 0.0179. The molecule has 1 heterocycles. The van der Waals surface area contributed by atoms with E-state index in [1.165, 1.54) is 17.7 Å². The molecule has 1 aliphatic rings. The highest BCUT2D eigenvalue weighted by molar-refractivity contribution is 5.28. The summed E-state index contributed by atoms with van der Waals surface area (Å²) in [4.78, 5) is 0. The van der Waals surface area contributed by atoms with Crippen LogP contribution in [0.15, 0.2) is 12.3 Å². The maximum absolute atomic E-state index is 6.11. The van der Waals surface area contributed by atoms with Gasteiger partial charge in [0, 0.05) is 32.2 Å². The highest BCUT2D eigenvalue weighted by Crippen LogP contribution is 2.28. The topological polar surface area (TPSA) is 49.4 Å². The van der Waals surface area contributed by atoms with Gasteiger partial charge in [-0.05, 0) is 30.9 Å². The summed E-state index contributed by atoms with van der Waals surface area (Å²) in [6.45, 7) is 1.46. The number of hydrogen-bond donors (Lipinski definition) is 1. The predicted octanol–water partition coefficient (Wildman–Crippen LogP) is 1.49. The Hall–Kier alpha value is -0.840. The molecule has 4 nitrogen and oxygen atoms in total. The van der Waals surface area contributed by atoms with Crippen LogP contribution < -0.4 is 5.73 Å². The molecule has 2 unspecified atom stereocenters. The first kappa shape index (κ1) is 12.6. The number of aromatic nitrogens is 1. The minimum absolute atomic E-state index is 0.106. The molecule has 0 radical (unpaired) electrons. The first-order valence-corrected chi connectivity index (χ1v) is 6.21. The zero-order valence-electron chi connectivity index (χ0n) is 10.7. The maximum atomic E-state index is 6.11. The highest BCUT2D eigenvalue weighted by Gasteiger charge is 2.21. The molecule has 2 N–H and O–H groups in total. The van der Waals surface area contributed by atoms with Crippen molar-refractivity contribution in [3.8, 4) is 0 Å². The lowest BCUT2D eigenvalue weighted by Gasteiger charge is -2.23. The van der Waals surface area contributed by atoms with Crippen molar-refractivity contribution in [2.75, 3.05) is 20.8 Å². The van der Waals surface area contributed by atoms with Crippen LogP contribution in [-0.2, 0) is 22.4 Å². The zero-order valence-corrected chi connectivity index (χ0v) is 10.7. The van der Waals surface area contributed by atoms with Gasteiger partial charge in [0.25, 0.3) is 0 Å². The molecule has 2 atom stereocenters. The number of rotatable bonds is 5. The van der Waals surface area contributed by atoms with Gasteiger partial charge in [-0.1, -0.05) is 0 Å². The van der Waals surface area contributed by atoms with Crippen molar-refractivity contribution in [2.45, 2.75) is 38.0 Å². The summed E-state index contributed by atoms with van der Waals surface area (Å²) in [7, 11) is 3.43. The van der Waals surface area contributed by atoms with Crippen molar-refractivity contribution in [2.24, 2.45) is 5.73 Å². The van der Waals surface area contributed by atoms with E-state index in [2.05, 4.69) is 16.8 Å². The average Bonchev–Trinajstić information content (AvgIpc) is 2.73. The molecular formula is C13H22N2O2. The monoisotopic (exact) mass is 238 g/mol. The van der Waals surface area contributed by atoms with Gasteiger partial charge in [0.05, 0.1) is 19.3 Å². The van der Waals surface area contributed by atoms with Crippen LogP contribution in [-0.4, -0.2) is 31.5 Å². The van der Waals surface area contributed by atoms with E-state index >= 15 is 0 Å². The minimum Gasteiger partial charge on any atom is -0.382 e. The van der Waals surface area contributed by atoms with Gasteiger partial charge in [0.15, 0.2) is 0 Å². The third kappa shape index (κ3) is 2.70. The second kappa shape index (κ2) is 5.67. The molecule has 4 heteroatoms. The van der Waals surface area contributed by atoms with E-state index in [0.717, 1.165) is 19.4 Å². The Labute approximate surface area is 103 Å². The molecule has 1 aromatic rings. The van der Waals surface area contributed by atoms with E-state index in [9.17, 15) is 0 Å². The largest absolute Gasteiger partial charge is 0.382 e. The molecule has 0 bridgehead atoms. The molecule has 1 aromatic heterocycles. The summed E-state index contributed by atoms with van der Waals surface area (Å²) in [5.74, 6) is 0. The van der Waals surface area contributed by atoms with Gasteiger partial charge in [0.1, 0.15) is 0 Å². The quantitative estimate of drug-likeness (QED) is 0.845. The predicted molar refractivity (Wildman–Crippen MR) is 67.0 cm³/mol. The fourth-order valence-electron chi connectivity index (χ4n) is 2.56. The van der Waals surface area contributed by atoms with Gasteiger partial charge >= 0.3 is 0 Å². The van der Waals surface area contributed by atoms with Gasteiger partial charge in [-0.25, -0.2) is 0 Å². The van der Waals surface area contributed by atoms with Gasteiger partial charge in [0.2, 0.25) is 0 Å². The molecule has 0 aliphatic heterocycles. The van der Waals surface area contributed by atoms with Crippen molar-refractivity contribution in [3.63, 3.8) is 0 Å². The molecule has 96 valence electrons. The molecule has 0 amide bonds. The van der Waals surface area contributed by atoms with Gasteiger partial charge in [-0.15, -0.1) is 0 Å². The Morgan fingerprint density at radius 1 is 1.53 bits per heavy atom. The number of nitrogens with zero attached hydrogens (tertiary/aromatic N) is 1. The van der Waals surface area contributed by atoms with Crippen molar-refractivity contribution >= 4 is 0 Å². The Morgan fingerprint density at radius 3 is 3.06 bits per heavy atom. The SMILES string of the molecule is COCC(Cn1ccc2c1CCCC2N)OC. The van der Waals surface area contributed by atoms with Crippen LogP contribution in [0.25, 0.3) is 0 Å². The number of methoxy groups -OCH3 is 2. The Kier molecular flexibility index (Phi) is 4.20. The summed E-state index contributed by atoms with van der Waals surface area (Å²) in [5.41, 5.74) is 8.80. The van der Waals surface area contributed by atoms with Crippen molar-refractivity contribution < 1.29 is 9.47 Å². The normalized spacial score (nSPS) is 21.2. The van der Waals surface area contributed by atoms with Crippen LogP contribution in [0.5, 0.6) is 0 Å². The van der Waals surface area contributed by atoms with Crippen molar-refractivity contribution in [3.05, 3.63) is 23.5 Å². The second-order valence-electron chi connectivity index (χ2n) is 4.68. The molecule has 0 aromatic carbocycles. The maximum Gasteiger partial charge on any atom is 0.0982 e.